The maximum Gasteiger partial charge on any atom is 0.410 e. The van der Waals surface area contributed by atoms with Gasteiger partial charge in [0.15, 0.2) is 0 Å². The van der Waals surface area contributed by atoms with E-state index in [-0.39, 0.29) is 18.0 Å². The van der Waals surface area contributed by atoms with Crippen LogP contribution in [0, 0.1) is 13.8 Å². The van der Waals surface area contributed by atoms with E-state index in [4.69, 9.17) is 9.26 Å². The number of rotatable bonds is 6. The zero-order valence-electron chi connectivity index (χ0n) is 16.9. The largest absolute Gasteiger partial charge is 0.441 e. The van der Waals surface area contributed by atoms with E-state index in [0.29, 0.717) is 45.3 Å². The second-order valence-corrected chi connectivity index (χ2v) is 8.00. The van der Waals surface area contributed by atoms with Crippen molar-refractivity contribution in [2.75, 3.05) is 19.6 Å². The van der Waals surface area contributed by atoms with Crippen LogP contribution in [-0.2, 0) is 16.0 Å². The van der Waals surface area contributed by atoms with Crippen molar-refractivity contribution >= 4 is 12.0 Å². The monoisotopic (exact) mass is 377 g/mol. The van der Waals surface area contributed by atoms with Gasteiger partial charge in [-0.15, -0.1) is 0 Å². The molecule has 7 nitrogen and oxygen atoms in total. The van der Waals surface area contributed by atoms with E-state index in [0.717, 1.165) is 29.9 Å². The SMILES string of the molecule is CCC[C@H](C)N1CC2(CCN(C(=O)CCc3c(C)noc3C)CC2)OC1=O. The maximum atomic E-state index is 12.6. The van der Waals surface area contributed by atoms with Crippen molar-refractivity contribution in [3.05, 3.63) is 17.0 Å². The molecular formula is C20H31N3O4. The van der Waals surface area contributed by atoms with E-state index in [1.165, 1.54) is 0 Å². The first kappa shape index (κ1) is 19.7. The molecule has 0 bridgehead atoms. The van der Waals surface area contributed by atoms with Crippen LogP contribution in [0.5, 0.6) is 0 Å². The summed E-state index contributed by atoms with van der Waals surface area (Å²) in [6.07, 6.45) is 4.36. The molecule has 0 unspecified atom stereocenters. The summed E-state index contributed by atoms with van der Waals surface area (Å²) in [4.78, 5) is 28.6. The highest BCUT2D eigenvalue weighted by Gasteiger charge is 2.48. The number of hydrogen-bond acceptors (Lipinski definition) is 5. The number of likely N-dealkylation sites (tertiary alicyclic amines) is 1. The molecule has 7 heteroatoms. The van der Waals surface area contributed by atoms with Crippen molar-refractivity contribution in [1.82, 2.24) is 15.0 Å². The molecule has 150 valence electrons. The summed E-state index contributed by atoms with van der Waals surface area (Å²) in [5, 5.41) is 3.94. The Hall–Kier alpha value is -2.05. The highest BCUT2D eigenvalue weighted by molar-refractivity contribution is 5.77. The Morgan fingerprint density at radius 1 is 1.30 bits per heavy atom. The molecule has 1 aromatic heterocycles. The molecule has 0 aromatic carbocycles. The lowest BCUT2D eigenvalue weighted by Crippen LogP contribution is -2.49. The van der Waals surface area contributed by atoms with Crippen LogP contribution in [0.2, 0.25) is 0 Å². The number of ether oxygens (including phenoxy) is 1. The minimum absolute atomic E-state index is 0.144. The summed E-state index contributed by atoms with van der Waals surface area (Å²) in [6.45, 7) is 9.92. The smallest absolute Gasteiger partial charge is 0.410 e. The lowest BCUT2D eigenvalue weighted by atomic mass is 9.90. The van der Waals surface area contributed by atoms with Gasteiger partial charge in [-0.25, -0.2) is 4.79 Å². The van der Waals surface area contributed by atoms with Crippen molar-refractivity contribution in [2.45, 2.75) is 77.9 Å². The van der Waals surface area contributed by atoms with Crippen molar-refractivity contribution in [3.63, 3.8) is 0 Å². The van der Waals surface area contributed by atoms with Gasteiger partial charge < -0.3 is 19.1 Å². The van der Waals surface area contributed by atoms with Crippen molar-refractivity contribution < 1.29 is 18.8 Å². The van der Waals surface area contributed by atoms with Gasteiger partial charge in [0.2, 0.25) is 5.91 Å². The topological polar surface area (TPSA) is 75.9 Å². The number of carbonyl (C=O) groups excluding carboxylic acids is 2. The van der Waals surface area contributed by atoms with E-state index >= 15 is 0 Å². The molecule has 1 aromatic rings. The Morgan fingerprint density at radius 3 is 2.59 bits per heavy atom. The van der Waals surface area contributed by atoms with E-state index in [1.54, 1.807) is 0 Å². The number of hydrogen-bond donors (Lipinski definition) is 0. The number of aromatic nitrogens is 1. The Balaban J connectivity index is 1.51. The average Bonchev–Trinajstić information content (AvgIpc) is 3.13. The fraction of sp³-hybridized carbons (Fsp3) is 0.750. The van der Waals surface area contributed by atoms with Crippen LogP contribution in [0.4, 0.5) is 4.79 Å². The van der Waals surface area contributed by atoms with Gasteiger partial charge in [0.25, 0.3) is 0 Å². The summed E-state index contributed by atoms with van der Waals surface area (Å²) in [5.41, 5.74) is 1.47. The molecule has 2 aliphatic heterocycles. The molecule has 0 aliphatic carbocycles. The second kappa shape index (κ2) is 7.90. The Morgan fingerprint density at radius 2 is 2.00 bits per heavy atom. The van der Waals surface area contributed by atoms with Gasteiger partial charge in [0.05, 0.1) is 12.2 Å². The van der Waals surface area contributed by atoms with E-state index in [9.17, 15) is 9.59 Å². The summed E-state index contributed by atoms with van der Waals surface area (Å²) >= 11 is 0. The van der Waals surface area contributed by atoms with Crippen LogP contribution in [0.15, 0.2) is 4.52 Å². The summed E-state index contributed by atoms with van der Waals surface area (Å²) in [7, 11) is 0. The molecule has 3 heterocycles. The van der Waals surface area contributed by atoms with Gasteiger partial charge in [0, 0.05) is 44.0 Å². The van der Waals surface area contributed by atoms with Gasteiger partial charge in [-0.05, 0) is 33.6 Å². The van der Waals surface area contributed by atoms with Crippen LogP contribution < -0.4 is 0 Å². The normalized spacial score (nSPS) is 20.2. The molecule has 0 radical (unpaired) electrons. The molecule has 0 saturated carbocycles. The lowest BCUT2D eigenvalue weighted by molar-refractivity contribution is -0.134. The van der Waals surface area contributed by atoms with Crippen molar-refractivity contribution in [2.24, 2.45) is 0 Å². The quantitative estimate of drug-likeness (QED) is 0.761. The number of carbonyl (C=O) groups is 2. The standard InChI is InChI=1S/C20H31N3O4/c1-5-6-14(2)23-13-20(26-19(23)25)9-11-22(12-10-20)18(24)8-7-17-15(3)21-27-16(17)4/h14H,5-13H2,1-4H3/t14-/m0/s1. The van der Waals surface area contributed by atoms with Crippen LogP contribution in [-0.4, -0.2) is 58.2 Å². The third-order valence-corrected chi connectivity index (χ3v) is 6.03. The number of piperidine rings is 1. The zero-order valence-corrected chi connectivity index (χ0v) is 16.9. The highest BCUT2D eigenvalue weighted by atomic mass is 16.6. The summed E-state index contributed by atoms with van der Waals surface area (Å²) < 4.78 is 10.9. The number of aryl methyl sites for hydroxylation is 2. The number of amides is 2. The fourth-order valence-corrected chi connectivity index (χ4v) is 4.23. The molecular weight excluding hydrogens is 346 g/mol. The van der Waals surface area contributed by atoms with Gasteiger partial charge in [-0.1, -0.05) is 18.5 Å². The van der Waals surface area contributed by atoms with Gasteiger partial charge in [-0.2, -0.15) is 0 Å². The molecule has 1 spiro atoms. The van der Waals surface area contributed by atoms with Crippen LogP contribution in [0.3, 0.4) is 0 Å². The minimum atomic E-state index is -0.419. The molecule has 2 fully saturated rings. The van der Waals surface area contributed by atoms with E-state index < -0.39 is 5.60 Å². The van der Waals surface area contributed by atoms with Gasteiger partial charge >= 0.3 is 6.09 Å². The molecule has 27 heavy (non-hydrogen) atoms. The first-order valence-corrected chi connectivity index (χ1v) is 10.0. The molecule has 2 saturated heterocycles. The summed E-state index contributed by atoms with van der Waals surface area (Å²) in [5.74, 6) is 0.933. The zero-order chi connectivity index (χ0) is 19.6. The van der Waals surface area contributed by atoms with Crippen molar-refractivity contribution in [3.8, 4) is 0 Å². The molecule has 3 rings (SSSR count). The van der Waals surface area contributed by atoms with E-state index in [2.05, 4.69) is 19.0 Å². The number of nitrogens with zero attached hydrogens (tertiary/aromatic N) is 3. The minimum Gasteiger partial charge on any atom is -0.441 e. The predicted molar refractivity (Wildman–Crippen MR) is 100 cm³/mol. The molecule has 2 aliphatic rings. The Kier molecular flexibility index (Phi) is 5.77. The molecule has 2 amide bonds. The van der Waals surface area contributed by atoms with Gasteiger partial charge in [0.1, 0.15) is 11.4 Å². The first-order valence-electron chi connectivity index (χ1n) is 10.0. The third kappa shape index (κ3) is 4.12. The van der Waals surface area contributed by atoms with Crippen molar-refractivity contribution in [1.29, 1.82) is 0 Å². The average molecular weight is 377 g/mol. The lowest BCUT2D eigenvalue weighted by Gasteiger charge is -2.37. The van der Waals surface area contributed by atoms with E-state index in [1.807, 2.05) is 23.6 Å². The summed E-state index contributed by atoms with van der Waals surface area (Å²) in [6, 6.07) is 0.205. The fourth-order valence-electron chi connectivity index (χ4n) is 4.23. The van der Waals surface area contributed by atoms with Crippen LogP contribution >= 0.6 is 0 Å². The molecule has 0 N–H and O–H groups in total. The van der Waals surface area contributed by atoms with Gasteiger partial charge in [-0.3, -0.25) is 4.79 Å². The highest BCUT2D eigenvalue weighted by Crippen LogP contribution is 2.35. The third-order valence-electron chi connectivity index (χ3n) is 6.03. The Labute approximate surface area is 161 Å². The maximum absolute atomic E-state index is 12.6. The first-order chi connectivity index (χ1) is 12.8. The molecule has 1 atom stereocenters. The Bertz CT molecular complexity index is 672. The predicted octanol–water partition coefficient (Wildman–Crippen LogP) is 3.23. The second-order valence-electron chi connectivity index (χ2n) is 8.00. The van der Waals surface area contributed by atoms with Crippen LogP contribution in [0.25, 0.3) is 0 Å². The van der Waals surface area contributed by atoms with Crippen LogP contribution in [0.1, 0.15) is 63.0 Å².